The predicted molar refractivity (Wildman–Crippen MR) is 281 cm³/mol. The SMILES string of the molecule is c1ccc(-c2ccc(-c3nc(-c4ccccc4)nc(-n4c5ccccc5c5cc6c(cc54)c4ccccc4n6-c4ccccc4-c4cc(-c5ccccc5)cc(-c5ccccc5)c4)n3)cc2)cc1. The molecule has 3 heterocycles. The van der Waals surface area contributed by atoms with Gasteiger partial charge in [0, 0.05) is 38.2 Å². The van der Waals surface area contributed by atoms with Crippen LogP contribution in [0.2, 0.25) is 0 Å². The smallest absolute Gasteiger partial charge is 0.238 e. The van der Waals surface area contributed by atoms with E-state index in [1.54, 1.807) is 0 Å². The van der Waals surface area contributed by atoms with Gasteiger partial charge in [0.1, 0.15) is 0 Å². The van der Waals surface area contributed by atoms with Crippen LogP contribution in [0.15, 0.2) is 249 Å². The number of hydrogen-bond donors (Lipinski definition) is 0. The molecule has 0 saturated carbocycles. The number of benzene rings is 10. The van der Waals surface area contributed by atoms with E-state index in [-0.39, 0.29) is 0 Å². The molecule has 5 nitrogen and oxygen atoms in total. The van der Waals surface area contributed by atoms with Gasteiger partial charge in [0.2, 0.25) is 5.95 Å². The van der Waals surface area contributed by atoms with Gasteiger partial charge in [-0.25, -0.2) is 4.98 Å². The van der Waals surface area contributed by atoms with Gasteiger partial charge in [-0.3, -0.25) is 4.57 Å². The molecule has 0 spiro atoms. The average Bonchev–Trinajstić information content (AvgIpc) is 3.92. The van der Waals surface area contributed by atoms with Gasteiger partial charge in [-0.15, -0.1) is 0 Å². The number of nitrogens with zero attached hydrogens (tertiary/aromatic N) is 5. The Kier molecular flexibility index (Phi) is 9.43. The summed E-state index contributed by atoms with van der Waals surface area (Å²) in [6.07, 6.45) is 0. The van der Waals surface area contributed by atoms with Crippen molar-refractivity contribution in [3.05, 3.63) is 249 Å². The Labute approximate surface area is 393 Å². The van der Waals surface area contributed by atoms with E-state index in [1.807, 2.05) is 24.3 Å². The van der Waals surface area contributed by atoms with E-state index in [2.05, 4.69) is 234 Å². The first-order chi connectivity index (χ1) is 33.7. The molecule has 0 aliphatic heterocycles. The summed E-state index contributed by atoms with van der Waals surface area (Å²) in [7, 11) is 0. The third-order valence-corrected chi connectivity index (χ3v) is 13.2. The Morgan fingerprint density at radius 1 is 0.235 bits per heavy atom. The molecule has 13 rings (SSSR count). The lowest BCUT2D eigenvalue weighted by molar-refractivity contribution is 0.954. The highest BCUT2D eigenvalue weighted by molar-refractivity contribution is 6.19. The quantitative estimate of drug-likeness (QED) is 0.153. The molecule has 0 atom stereocenters. The number of para-hydroxylation sites is 3. The van der Waals surface area contributed by atoms with E-state index in [0.29, 0.717) is 17.6 Å². The molecule has 0 aliphatic carbocycles. The number of fused-ring (bicyclic) bond motifs is 6. The fraction of sp³-hybridized carbons (Fsp3) is 0. The fourth-order valence-electron chi connectivity index (χ4n) is 9.95. The Hall–Kier alpha value is -9.19. The van der Waals surface area contributed by atoms with Crippen LogP contribution in [-0.2, 0) is 0 Å². The van der Waals surface area contributed by atoms with Crippen molar-refractivity contribution in [1.82, 2.24) is 24.1 Å². The minimum Gasteiger partial charge on any atom is -0.309 e. The van der Waals surface area contributed by atoms with Crippen molar-refractivity contribution in [2.75, 3.05) is 0 Å². The van der Waals surface area contributed by atoms with Gasteiger partial charge in [-0.2, -0.15) is 9.97 Å². The highest BCUT2D eigenvalue weighted by Crippen LogP contribution is 2.42. The van der Waals surface area contributed by atoms with Crippen LogP contribution >= 0.6 is 0 Å². The van der Waals surface area contributed by atoms with Crippen LogP contribution < -0.4 is 0 Å². The van der Waals surface area contributed by atoms with Crippen molar-refractivity contribution in [1.29, 1.82) is 0 Å². The summed E-state index contributed by atoms with van der Waals surface area (Å²) in [4.78, 5) is 15.7. The summed E-state index contributed by atoms with van der Waals surface area (Å²) in [5.41, 5.74) is 16.6. The lowest BCUT2D eigenvalue weighted by Gasteiger charge is -2.16. The molecule has 0 saturated heterocycles. The van der Waals surface area contributed by atoms with Gasteiger partial charge in [0.25, 0.3) is 0 Å². The second kappa shape index (κ2) is 16.4. The molecule has 5 heteroatoms. The van der Waals surface area contributed by atoms with Crippen LogP contribution in [0, 0.1) is 0 Å². The molecule has 0 fully saturated rings. The van der Waals surface area contributed by atoms with Crippen LogP contribution in [0.4, 0.5) is 0 Å². The first-order valence-corrected chi connectivity index (χ1v) is 23.0. The van der Waals surface area contributed by atoms with Gasteiger partial charge in [-0.05, 0) is 87.5 Å². The number of aromatic nitrogens is 5. The van der Waals surface area contributed by atoms with E-state index in [1.165, 1.54) is 27.6 Å². The van der Waals surface area contributed by atoms with Crippen molar-refractivity contribution >= 4 is 43.6 Å². The van der Waals surface area contributed by atoms with E-state index in [9.17, 15) is 0 Å². The minimum absolute atomic E-state index is 0.563. The molecular formula is C63H41N5. The molecule has 10 aromatic carbocycles. The summed E-state index contributed by atoms with van der Waals surface area (Å²) >= 11 is 0. The molecule has 0 unspecified atom stereocenters. The Bertz CT molecular complexity index is 3930. The Morgan fingerprint density at radius 2 is 0.618 bits per heavy atom. The first-order valence-electron chi connectivity index (χ1n) is 23.0. The predicted octanol–water partition coefficient (Wildman–Crippen LogP) is 16.1. The van der Waals surface area contributed by atoms with Crippen LogP contribution in [0.25, 0.3) is 123 Å². The lowest BCUT2D eigenvalue weighted by Crippen LogP contribution is -2.06. The van der Waals surface area contributed by atoms with Crippen molar-refractivity contribution in [2.45, 2.75) is 0 Å². The summed E-state index contributed by atoms with van der Waals surface area (Å²) in [5, 5.41) is 4.54. The second-order valence-corrected chi connectivity index (χ2v) is 17.2. The second-order valence-electron chi connectivity index (χ2n) is 17.2. The van der Waals surface area contributed by atoms with Gasteiger partial charge in [0.05, 0.1) is 27.8 Å². The maximum absolute atomic E-state index is 5.31. The summed E-state index contributed by atoms with van der Waals surface area (Å²) < 4.78 is 4.68. The summed E-state index contributed by atoms with van der Waals surface area (Å²) in [6.45, 7) is 0. The third kappa shape index (κ3) is 6.76. The molecule has 68 heavy (non-hydrogen) atoms. The van der Waals surface area contributed by atoms with Gasteiger partial charge in [0.15, 0.2) is 11.6 Å². The van der Waals surface area contributed by atoms with Gasteiger partial charge in [-0.1, -0.05) is 200 Å². The van der Waals surface area contributed by atoms with Crippen molar-refractivity contribution < 1.29 is 0 Å². The first kappa shape index (κ1) is 39.2. The molecule has 318 valence electrons. The van der Waals surface area contributed by atoms with E-state index >= 15 is 0 Å². The van der Waals surface area contributed by atoms with Gasteiger partial charge >= 0.3 is 0 Å². The average molecular weight is 868 g/mol. The van der Waals surface area contributed by atoms with Crippen LogP contribution in [0.1, 0.15) is 0 Å². The minimum atomic E-state index is 0.563. The van der Waals surface area contributed by atoms with Crippen LogP contribution in [0.5, 0.6) is 0 Å². The normalized spacial score (nSPS) is 11.5. The standard InChI is InChI=1S/C63H41N5/c1-5-19-42(20-6-1)45-33-35-47(36-34-45)62-64-61(46-25-11-4-12-26-46)65-63(66-62)68-58-32-18-15-29-53(58)55-40-59-54(41-60(55)68)52-28-14-17-31-57(52)67(59)56-30-16-13-27-51(56)50-38-48(43-21-7-2-8-22-43)37-49(39-50)44-23-9-3-10-24-44/h1-41H. The summed E-state index contributed by atoms with van der Waals surface area (Å²) in [6, 6.07) is 88.4. The van der Waals surface area contributed by atoms with E-state index < -0.39 is 0 Å². The zero-order chi connectivity index (χ0) is 45.0. The number of hydrogen-bond acceptors (Lipinski definition) is 3. The Balaban J connectivity index is 1.03. The maximum Gasteiger partial charge on any atom is 0.238 e. The van der Waals surface area contributed by atoms with Crippen LogP contribution in [-0.4, -0.2) is 24.1 Å². The Morgan fingerprint density at radius 3 is 1.18 bits per heavy atom. The monoisotopic (exact) mass is 867 g/mol. The molecule has 0 N–H and O–H groups in total. The largest absolute Gasteiger partial charge is 0.309 e. The summed E-state index contributed by atoms with van der Waals surface area (Å²) in [5.74, 6) is 1.79. The maximum atomic E-state index is 5.31. The van der Waals surface area contributed by atoms with E-state index in [4.69, 9.17) is 15.0 Å². The number of rotatable bonds is 8. The van der Waals surface area contributed by atoms with Crippen molar-refractivity contribution in [2.24, 2.45) is 0 Å². The van der Waals surface area contributed by atoms with Gasteiger partial charge < -0.3 is 4.57 Å². The lowest BCUT2D eigenvalue weighted by atomic mass is 9.92. The topological polar surface area (TPSA) is 48.5 Å². The third-order valence-electron chi connectivity index (χ3n) is 13.2. The molecule has 0 amide bonds. The van der Waals surface area contributed by atoms with Crippen molar-refractivity contribution in [3.63, 3.8) is 0 Å². The van der Waals surface area contributed by atoms with Crippen LogP contribution in [0.3, 0.4) is 0 Å². The molecule has 0 aliphatic rings. The highest BCUT2D eigenvalue weighted by atomic mass is 15.2. The molecular weight excluding hydrogens is 827 g/mol. The molecule has 0 radical (unpaired) electrons. The zero-order valence-corrected chi connectivity index (χ0v) is 36.9. The van der Waals surface area contributed by atoms with Crippen molar-refractivity contribution in [3.8, 4) is 78.9 Å². The molecule has 3 aromatic heterocycles. The zero-order valence-electron chi connectivity index (χ0n) is 36.9. The molecule has 0 bridgehead atoms. The fourth-order valence-corrected chi connectivity index (χ4v) is 9.95. The molecule has 13 aromatic rings. The highest BCUT2D eigenvalue weighted by Gasteiger charge is 2.22. The van der Waals surface area contributed by atoms with E-state index in [0.717, 1.165) is 77.3 Å².